The Morgan fingerprint density at radius 3 is 2.73 bits per heavy atom. The molecule has 22 heavy (non-hydrogen) atoms. The summed E-state index contributed by atoms with van der Waals surface area (Å²) in [6, 6.07) is 8.07. The van der Waals surface area contributed by atoms with E-state index in [2.05, 4.69) is 32.9 Å². The molecule has 0 aliphatic carbocycles. The number of rotatable bonds is 4. The second kappa shape index (κ2) is 4.73. The van der Waals surface area contributed by atoms with Gasteiger partial charge in [-0.3, -0.25) is 4.79 Å². The Labute approximate surface area is 128 Å². The average molecular weight is 315 g/mol. The predicted molar refractivity (Wildman–Crippen MR) is 82.8 cm³/mol. The first kappa shape index (κ1) is 13.1. The minimum absolute atomic E-state index is 0.150. The standard InChI is InChI=1S/C13H13N7OS/c1-2-18-8-5-3-4-6-9(8)19-11-15-16-13(22-7-10(14)21)20(11)17-12(18)19/h3-6H,2,7H2,1H3,(H2,14,21). The number of nitrogens with two attached hydrogens (primary N) is 1. The van der Waals surface area contributed by atoms with Gasteiger partial charge in [0.2, 0.25) is 16.8 Å². The second-order valence-electron chi connectivity index (χ2n) is 4.82. The Balaban J connectivity index is 2.01. The van der Waals surface area contributed by atoms with Crippen LogP contribution in [-0.4, -0.2) is 40.4 Å². The van der Waals surface area contributed by atoms with E-state index in [1.165, 1.54) is 11.8 Å². The largest absolute Gasteiger partial charge is 0.369 e. The number of nitrogens with zero attached hydrogens (tertiary/aromatic N) is 6. The number of primary amides is 1. The highest BCUT2D eigenvalue weighted by Crippen LogP contribution is 2.24. The fraction of sp³-hybridized carbons (Fsp3) is 0.231. The zero-order chi connectivity index (χ0) is 15.3. The zero-order valence-corrected chi connectivity index (χ0v) is 12.6. The van der Waals surface area contributed by atoms with Crippen molar-refractivity contribution in [3.05, 3.63) is 24.3 Å². The van der Waals surface area contributed by atoms with Crippen molar-refractivity contribution in [3.8, 4) is 0 Å². The first-order chi connectivity index (χ1) is 10.7. The number of imidazole rings is 1. The van der Waals surface area contributed by atoms with Gasteiger partial charge in [0.25, 0.3) is 5.78 Å². The van der Waals surface area contributed by atoms with E-state index in [0.29, 0.717) is 10.9 Å². The summed E-state index contributed by atoms with van der Waals surface area (Å²) in [6.07, 6.45) is 0. The number of amides is 1. The molecule has 0 aliphatic rings. The monoisotopic (exact) mass is 315 g/mol. The lowest BCUT2D eigenvalue weighted by molar-refractivity contribution is -0.115. The molecule has 112 valence electrons. The molecule has 3 heterocycles. The molecule has 9 heteroatoms. The van der Waals surface area contributed by atoms with Crippen LogP contribution < -0.4 is 5.73 Å². The van der Waals surface area contributed by atoms with Crippen molar-refractivity contribution in [3.63, 3.8) is 0 Å². The summed E-state index contributed by atoms with van der Waals surface area (Å²) >= 11 is 1.23. The summed E-state index contributed by atoms with van der Waals surface area (Å²) in [7, 11) is 0. The fourth-order valence-electron chi connectivity index (χ4n) is 2.63. The zero-order valence-electron chi connectivity index (χ0n) is 11.8. The van der Waals surface area contributed by atoms with E-state index >= 15 is 0 Å². The van der Waals surface area contributed by atoms with E-state index in [1.54, 1.807) is 4.52 Å². The highest BCUT2D eigenvalue weighted by Gasteiger charge is 2.19. The van der Waals surface area contributed by atoms with E-state index < -0.39 is 5.91 Å². The Bertz CT molecular complexity index is 1010. The fourth-order valence-corrected chi connectivity index (χ4v) is 3.24. The first-order valence-corrected chi connectivity index (χ1v) is 7.81. The normalized spacial score (nSPS) is 11.9. The number of hydrogen-bond donors (Lipinski definition) is 1. The van der Waals surface area contributed by atoms with Gasteiger partial charge in [0.1, 0.15) is 0 Å². The molecule has 2 N–H and O–H groups in total. The molecule has 1 amide bonds. The van der Waals surface area contributed by atoms with E-state index in [4.69, 9.17) is 5.73 Å². The van der Waals surface area contributed by atoms with Crippen LogP contribution in [0.2, 0.25) is 0 Å². The number of aromatic nitrogens is 6. The molecule has 8 nitrogen and oxygen atoms in total. The Morgan fingerprint density at radius 1 is 1.23 bits per heavy atom. The summed E-state index contributed by atoms with van der Waals surface area (Å²) in [5.74, 6) is 1.19. The molecule has 3 aromatic heterocycles. The van der Waals surface area contributed by atoms with Crippen LogP contribution in [0.5, 0.6) is 0 Å². The molecule has 0 bridgehead atoms. The smallest absolute Gasteiger partial charge is 0.260 e. The lowest BCUT2D eigenvalue weighted by Gasteiger charge is -1.98. The highest BCUT2D eigenvalue weighted by molar-refractivity contribution is 7.99. The van der Waals surface area contributed by atoms with Crippen LogP contribution >= 0.6 is 11.8 Å². The van der Waals surface area contributed by atoms with Gasteiger partial charge < -0.3 is 10.3 Å². The number of aryl methyl sites for hydroxylation is 1. The second-order valence-corrected chi connectivity index (χ2v) is 5.76. The molecule has 0 atom stereocenters. The maximum atomic E-state index is 10.9. The maximum absolute atomic E-state index is 10.9. The van der Waals surface area contributed by atoms with E-state index in [9.17, 15) is 4.79 Å². The summed E-state index contributed by atoms with van der Waals surface area (Å²) in [5.41, 5.74) is 7.31. The molecule has 0 saturated heterocycles. The average Bonchev–Trinajstić information content (AvgIpc) is 3.13. The van der Waals surface area contributed by atoms with Crippen molar-refractivity contribution >= 4 is 40.3 Å². The molecule has 4 aromatic rings. The van der Waals surface area contributed by atoms with Crippen LogP contribution in [0.4, 0.5) is 0 Å². The summed E-state index contributed by atoms with van der Waals surface area (Å²) in [6.45, 7) is 2.87. The van der Waals surface area contributed by atoms with Gasteiger partial charge in [0.05, 0.1) is 16.8 Å². The van der Waals surface area contributed by atoms with Crippen molar-refractivity contribution < 1.29 is 4.79 Å². The van der Waals surface area contributed by atoms with E-state index in [1.807, 2.05) is 22.6 Å². The predicted octanol–water partition coefficient (Wildman–Crippen LogP) is 0.929. The van der Waals surface area contributed by atoms with Gasteiger partial charge in [0.15, 0.2) is 0 Å². The first-order valence-electron chi connectivity index (χ1n) is 6.83. The molecular formula is C13H13N7OS. The van der Waals surface area contributed by atoms with Crippen molar-refractivity contribution in [1.82, 2.24) is 28.8 Å². The Kier molecular flexibility index (Phi) is 2.83. The number of fused-ring (bicyclic) bond motifs is 5. The third-order valence-corrected chi connectivity index (χ3v) is 4.44. The molecule has 1 aromatic carbocycles. The summed E-state index contributed by atoms with van der Waals surface area (Å²) < 4.78 is 5.74. The lowest BCUT2D eigenvalue weighted by Crippen LogP contribution is -2.13. The van der Waals surface area contributed by atoms with Gasteiger partial charge in [-0.25, -0.2) is 4.40 Å². The van der Waals surface area contributed by atoms with Gasteiger partial charge in [-0.1, -0.05) is 23.9 Å². The molecule has 0 fully saturated rings. The van der Waals surface area contributed by atoms with Crippen LogP contribution in [0, 0.1) is 0 Å². The van der Waals surface area contributed by atoms with Crippen LogP contribution in [0.1, 0.15) is 6.92 Å². The lowest BCUT2D eigenvalue weighted by atomic mass is 10.3. The number of benzene rings is 1. The number of para-hydroxylation sites is 2. The topological polar surface area (TPSA) is 95.5 Å². The molecular weight excluding hydrogens is 302 g/mol. The molecule has 0 saturated carbocycles. The van der Waals surface area contributed by atoms with Gasteiger partial charge in [0, 0.05) is 6.54 Å². The SMILES string of the molecule is CCn1c2ccccc2n2c1nn1c(SCC(N)=O)nnc12. The van der Waals surface area contributed by atoms with Crippen LogP contribution in [0.3, 0.4) is 0 Å². The van der Waals surface area contributed by atoms with Crippen molar-refractivity contribution in [2.45, 2.75) is 18.6 Å². The van der Waals surface area contributed by atoms with Gasteiger partial charge in [-0.15, -0.1) is 15.3 Å². The Morgan fingerprint density at radius 2 is 2.00 bits per heavy atom. The van der Waals surface area contributed by atoms with Gasteiger partial charge in [-0.05, 0) is 19.1 Å². The molecule has 0 spiro atoms. The van der Waals surface area contributed by atoms with E-state index in [0.717, 1.165) is 23.4 Å². The quantitative estimate of drug-likeness (QED) is 0.565. The highest BCUT2D eigenvalue weighted by atomic mass is 32.2. The number of hydrogen-bond acceptors (Lipinski definition) is 5. The number of carbonyl (C=O) groups is 1. The van der Waals surface area contributed by atoms with Crippen LogP contribution in [0.15, 0.2) is 29.4 Å². The van der Waals surface area contributed by atoms with Gasteiger partial charge >= 0.3 is 0 Å². The Hall–Kier alpha value is -2.55. The van der Waals surface area contributed by atoms with Crippen molar-refractivity contribution in [2.24, 2.45) is 5.73 Å². The van der Waals surface area contributed by atoms with Crippen molar-refractivity contribution in [1.29, 1.82) is 0 Å². The minimum atomic E-state index is -0.394. The maximum Gasteiger partial charge on any atom is 0.260 e. The third kappa shape index (κ3) is 1.72. The molecule has 4 rings (SSSR count). The molecule has 0 radical (unpaired) electrons. The van der Waals surface area contributed by atoms with Crippen LogP contribution in [0.25, 0.3) is 22.6 Å². The van der Waals surface area contributed by atoms with E-state index in [-0.39, 0.29) is 5.75 Å². The summed E-state index contributed by atoms with van der Waals surface area (Å²) in [5, 5.41) is 13.5. The van der Waals surface area contributed by atoms with Crippen LogP contribution in [-0.2, 0) is 11.3 Å². The minimum Gasteiger partial charge on any atom is -0.369 e. The molecule has 0 unspecified atom stereocenters. The third-order valence-electron chi connectivity index (χ3n) is 3.50. The number of carbonyl (C=O) groups excluding carboxylic acids is 1. The number of thioether (sulfide) groups is 1. The van der Waals surface area contributed by atoms with Gasteiger partial charge in [-0.2, -0.15) is 4.52 Å². The molecule has 0 aliphatic heterocycles. The summed E-state index contributed by atoms with van der Waals surface area (Å²) in [4.78, 5) is 10.9. The van der Waals surface area contributed by atoms with Crippen molar-refractivity contribution in [2.75, 3.05) is 5.75 Å².